The van der Waals surface area contributed by atoms with E-state index in [-0.39, 0.29) is 11.4 Å². The van der Waals surface area contributed by atoms with Crippen molar-refractivity contribution in [1.82, 2.24) is 4.90 Å². The third-order valence-corrected chi connectivity index (χ3v) is 3.61. The minimum Gasteiger partial charge on any atom is -0.508 e. The van der Waals surface area contributed by atoms with E-state index in [4.69, 9.17) is 4.42 Å². The van der Waals surface area contributed by atoms with E-state index in [9.17, 15) is 9.90 Å². The van der Waals surface area contributed by atoms with Gasteiger partial charge in [-0.3, -0.25) is 0 Å². The van der Waals surface area contributed by atoms with Crippen LogP contribution in [-0.2, 0) is 13.0 Å². The minimum absolute atomic E-state index is 0.243. The lowest BCUT2D eigenvalue weighted by Gasteiger charge is -2.19. The van der Waals surface area contributed by atoms with Crippen LogP contribution >= 0.6 is 0 Å². The highest BCUT2D eigenvalue weighted by Gasteiger charge is 2.19. The molecule has 0 unspecified atom stereocenters. The molecule has 1 aromatic carbocycles. The third kappa shape index (κ3) is 2.14. The van der Waals surface area contributed by atoms with Crippen molar-refractivity contribution in [2.24, 2.45) is 0 Å². The molecule has 0 fully saturated rings. The molecular formula is C15H18N2O3. The first kappa shape index (κ1) is 13.0. The smallest absolute Gasteiger partial charge is 0.360 e. The van der Waals surface area contributed by atoms with E-state index in [1.165, 1.54) is 0 Å². The molecule has 1 aliphatic rings. The number of rotatable bonds is 2. The predicted molar refractivity (Wildman–Crippen MR) is 78.4 cm³/mol. The molecule has 0 atom stereocenters. The first-order valence-corrected chi connectivity index (χ1v) is 6.76. The van der Waals surface area contributed by atoms with E-state index in [1.807, 2.05) is 19.0 Å². The zero-order valence-corrected chi connectivity index (χ0v) is 11.7. The number of benzene rings is 1. The second-order valence-corrected chi connectivity index (χ2v) is 5.49. The van der Waals surface area contributed by atoms with Gasteiger partial charge in [0.2, 0.25) is 0 Å². The van der Waals surface area contributed by atoms with Gasteiger partial charge in [-0.15, -0.1) is 0 Å². The topological polar surface area (TPSA) is 65.7 Å². The zero-order valence-electron chi connectivity index (χ0n) is 11.7. The summed E-state index contributed by atoms with van der Waals surface area (Å²) in [6.07, 6.45) is 1.81. The molecule has 5 heteroatoms. The minimum atomic E-state index is -0.325. The quantitative estimate of drug-likeness (QED) is 0.819. The average molecular weight is 274 g/mol. The fourth-order valence-electron chi connectivity index (χ4n) is 2.72. The van der Waals surface area contributed by atoms with E-state index < -0.39 is 0 Å². The Balaban J connectivity index is 2.24. The number of phenolic OH excluding ortho intramolecular Hbond substituents is 1. The number of anilines is 1. The van der Waals surface area contributed by atoms with Crippen molar-refractivity contribution in [3.05, 3.63) is 33.7 Å². The van der Waals surface area contributed by atoms with Crippen molar-refractivity contribution < 1.29 is 9.52 Å². The second kappa shape index (κ2) is 4.83. The standard InChI is InChI=1S/C15H18N2O3/c1-17(2)8-9-6-13-11(7-12(9)18)10-4-3-5-16-14(10)15(19)20-13/h6-7,16,18H,3-5,8H2,1-2H3. The van der Waals surface area contributed by atoms with Gasteiger partial charge < -0.3 is 19.7 Å². The van der Waals surface area contributed by atoms with Crippen LogP contribution in [0.1, 0.15) is 17.5 Å². The molecule has 2 N–H and O–H groups in total. The number of aromatic hydroxyl groups is 1. The Morgan fingerprint density at radius 2 is 2.20 bits per heavy atom. The number of nitrogens with zero attached hydrogens (tertiary/aromatic N) is 1. The summed E-state index contributed by atoms with van der Waals surface area (Å²) in [7, 11) is 3.85. The van der Waals surface area contributed by atoms with Crippen molar-refractivity contribution in [2.75, 3.05) is 26.0 Å². The lowest BCUT2D eigenvalue weighted by Crippen LogP contribution is -2.20. The van der Waals surface area contributed by atoms with Crippen LogP contribution in [0.3, 0.4) is 0 Å². The highest BCUT2D eigenvalue weighted by molar-refractivity contribution is 5.87. The molecule has 0 amide bonds. The third-order valence-electron chi connectivity index (χ3n) is 3.61. The Morgan fingerprint density at radius 1 is 1.40 bits per heavy atom. The summed E-state index contributed by atoms with van der Waals surface area (Å²) >= 11 is 0. The molecule has 2 aromatic rings. The van der Waals surface area contributed by atoms with E-state index in [0.29, 0.717) is 17.8 Å². The molecule has 0 radical (unpaired) electrons. The van der Waals surface area contributed by atoms with Gasteiger partial charge in [0, 0.05) is 24.0 Å². The number of hydrogen-bond acceptors (Lipinski definition) is 5. The normalized spacial score (nSPS) is 14.3. The van der Waals surface area contributed by atoms with Crippen molar-refractivity contribution >= 4 is 16.7 Å². The highest BCUT2D eigenvalue weighted by Crippen LogP contribution is 2.32. The van der Waals surface area contributed by atoms with E-state index >= 15 is 0 Å². The summed E-state index contributed by atoms with van der Waals surface area (Å²) in [5.41, 5.74) is 2.48. The lowest BCUT2D eigenvalue weighted by molar-refractivity contribution is 0.385. The van der Waals surface area contributed by atoms with Gasteiger partial charge in [-0.25, -0.2) is 4.79 Å². The molecule has 1 aliphatic heterocycles. The summed E-state index contributed by atoms with van der Waals surface area (Å²) in [6.45, 7) is 1.38. The Labute approximate surface area is 116 Å². The van der Waals surface area contributed by atoms with Crippen LogP contribution in [-0.4, -0.2) is 30.6 Å². The number of fused-ring (bicyclic) bond motifs is 3. The van der Waals surface area contributed by atoms with Crippen LogP contribution in [0.25, 0.3) is 11.0 Å². The number of hydrogen-bond donors (Lipinski definition) is 2. The Morgan fingerprint density at radius 3 is 2.95 bits per heavy atom. The Kier molecular flexibility index (Phi) is 3.14. The van der Waals surface area contributed by atoms with Gasteiger partial charge in [0.15, 0.2) is 0 Å². The van der Waals surface area contributed by atoms with E-state index in [1.54, 1.807) is 12.1 Å². The monoisotopic (exact) mass is 274 g/mol. The molecule has 0 aliphatic carbocycles. The van der Waals surface area contributed by atoms with Crippen molar-refractivity contribution in [1.29, 1.82) is 0 Å². The number of aryl methyl sites for hydroxylation is 1. The average Bonchev–Trinajstić information content (AvgIpc) is 2.41. The van der Waals surface area contributed by atoms with Gasteiger partial charge >= 0.3 is 5.63 Å². The largest absolute Gasteiger partial charge is 0.508 e. The first-order chi connectivity index (χ1) is 9.56. The molecule has 106 valence electrons. The van der Waals surface area contributed by atoms with Gasteiger partial charge in [0.1, 0.15) is 17.0 Å². The van der Waals surface area contributed by atoms with Crippen molar-refractivity contribution in [3.8, 4) is 5.75 Å². The molecular weight excluding hydrogens is 256 g/mol. The molecule has 3 rings (SSSR count). The van der Waals surface area contributed by atoms with Crippen molar-refractivity contribution in [2.45, 2.75) is 19.4 Å². The molecule has 0 saturated heterocycles. The van der Waals surface area contributed by atoms with Crippen LogP contribution in [0.4, 0.5) is 5.69 Å². The SMILES string of the molecule is CN(C)Cc1cc2oc(=O)c3c(c2cc1O)CCCN3. The lowest BCUT2D eigenvalue weighted by atomic mass is 9.99. The first-order valence-electron chi connectivity index (χ1n) is 6.76. The van der Waals surface area contributed by atoms with Gasteiger partial charge in [0.05, 0.1) is 0 Å². The van der Waals surface area contributed by atoms with Crippen LogP contribution in [0.15, 0.2) is 21.3 Å². The van der Waals surface area contributed by atoms with Crippen LogP contribution in [0.5, 0.6) is 5.75 Å². The summed E-state index contributed by atoms with van der Waals surface area (Å²) in [6, 6.07) is 3.48. The van der Waals surface area contributed by atoms with Crippen LogP contribution < -0.4 is 10.9 Å². The van der Waals surface area contributed by atoms with E-state index in [0.717, 1.165) is 35.9 Å². The van der Waals surface area contributed by atoms with Crippen LogP contribution in [0, 0.1) is 0 Å². The number of nitrogens with one attached hydrogen (secondary N) is 1. The molecule has 1 aromatic heterocycles. The van der Waals surface area contributed by atoms with Crippen molar-refractivity contribution in [3.63, 3.8) is 0 Å². The maximum atomic E-state index is 12.0. The maximum Gasteiger partial charge on any atom is 0.360 e. The second-order valence-electron chi connectivity index (χ2n) is 5.49. The fraction of sp³-hybridized carbons (Fsp3) is 0.400. The molecule has 0 bridgehead atoms. The summed E-state index contributed by atoms with van der Waals surface area (Å²) in [5.74, 6) is 0.243. The summed E-state index contributed by atoms with van der Waals surface area (Å²) in [4.78, 5) is 14.0. The predicted octanol–water partition coefficient (Wildman–Crippen LogP) is 1.92. The molecule has 2 heterocycles. The summed E-state index contributed by atoms with van der Waals surface area (Å²) in [5, 5.41) is 14.1. The van der Waals surface area contributed by atoms with E-state index in [2.05, 4.69) is 5.32 Å². The molecule has 0 spiro atoms. The molecule has 5 nitrogen and oxygen atoms in total. The summed E-state index contributed by atoms with van der Waals surface area (Å²) < 4.78 is 5.39. The Bertz CT molecular complexity index is 719. The highest BCUT2D eigenvalue weighted by atomic mass is 16.4. The fourth-order valence-corrected chi connectivity index (χ4v) is 2.72. The van der Waals surface area contributed by atoms with Gasteiger partial charge in [-0.1, -0.05) is 0 Å². The molecule has 0 saturated carbocycles. The maximum absolute atomic E-state index is 12.0. The van der Waals surface area contributed by atoms with Gasteiger partial charge in [0.25, 0.3) is 0 Å². The van der Waals surface area contributed by atoms with Crippen LogP contribution in [0.2, 0.25) is 0 Å². The zero-order chi connectivity index (χ0) is 14.3. The molecule has 20 heavy (non-hydrogen) atoms. The van der Waals surface area contributed by atoms with Gasteiger partial charge in [-0.2, -0.15) is 0 Å². The van der Waals surface area contributed by atoms with Gasteiger partial charge in [-0.05, 0) is 44.6 Å². The number of phenols is 1. The Hall–Kier alpha value is -2.01.